The van der Waals surface area contributed by atoms with Crippen molar-refractivity contribution in [3.63, 3.8) is 0 Å². The summed E-state index contributed by atoms with van der Waals surface area (Å²) in [5, 5.41) is 9.34. The van der Waals surface area contributed by atoms with Gasteiger partial charge in [0.1, 0.15) is 0 Å². The highest BCUT2D eigenvalue weighted by atomic mass is 16.5. The Balaban J connectivity index is 2.21. The Kier molecular flexibility index (Phi) is 2.78. The smallest absolute Gasteiger partial charge is 0.337 e. The van der Waals surface area contributed by atoms with Gasteiger partial charge in [-0.15, -0.1) is 0 Å². The fourth-order valence-electron chi connectivity index (χ4n) is 2.76. The van der Waals surface area contributed by atoms with Crippen LogP contribution in [0.4, 0.5) is 0 Å². The van der Waals surface area contributed by atoms with Crippen LogP contribution in [0.1, 0.15) is 30.1 Å². The van der Waals surface area contributed by atoms with Gasteiger partial charge in [0, 0.05) is 6.61 Å². The van der Waals surface area contributed by atoms with Crippen LogP contribution in [0, 0.1) is 0 Å². The summed E-state index contributed by atoms with van der Waals surface area (Å²) in [5.74, 6) is -0.923. The number of ether oxygens (including phenoxy) is 1. The van der Waals surface area contributed by atoms with E-state index in [9.17, 15) is 9.90 Å². The van der Waals surface area contributed by atoms with Crippen molar-refractivity contribution in [3.8, 4) is 0 Å². The van der Waals surface area contributed by atoms with Crippen LogP contribution in [0.5, 0.6) is 0 Å². The SMILES string of the molecule is CC1(n2cnc3cccc(C(=O)O)c32)CCCOC1. The molecule has 19 heavy (non-hydrogen) atoms. The van der Waals surface area contributed by atoms with Crippen LogP contribution in [0.25, 0.3) is 11.0 Å². The van der Waals surface area contributed by atoms with Crippen LogP contribution < -0.4 is 0 Å². The molecule has 0 amide bonds. The molecule has 5 nitrogen and oxygen atoms in total. The summed E-state index contributed by atoms with van der Waals surface area (Å²) in [6, 6.07) is 5.18. The molecule has 1 aromatic carbocycles. The lowest BCUT2D eigenvalue weighted by molar-refractivity contribution is 0.0113. The summed E-state index contributed by atoms with van der Waals surface area (Å²) < 4.78 is 7.53. The van der Waals surface area contributed by atoms with Crippen molar-refractivity contribution in [1.82, 2.24) is 9.55 Å². The van der Waals surface area contributed by atoms with Crippen LogP contribution in [-0.2, 0) is 10.3 Å². The van der Waals surface area contributed by atoms with E-state index in [0.717, 1.165) is 19.4 Å². The number of hydrogen-bond donors (Lipinski definition) is 1. The van der Waals surface area contributed by atoms with Gasteiger partial charge >= 0.3 is 5.97 Å². The zero-order valence-electron chi connectivity index (χ0n) is 10.8. The van der Waals surface area contributed by atoms with E-state index in [1.54, 1.807) is 18.5 Å². The molecule has 1 aliphatic rings. The molecule has 2 aromatic rings. The predicted molar refractivity (Wildman–Crippen MR) is 70.4 cm³/mol. The molecule has 100 valence electrons. The van der Waals surface area contributed by atoms with E-state index in [0.29, 0.717) is 23.2 Å². The van der Waals surface area contributed by atoms with Crippen molar-refractivity contribution < 1.29 is 14.6 Å². The topological polar surface area (TPSA) is 64.4 Å². The highest BCUT2D eigenvalue weighted by molar-refractivity contribution is 6.01. The van der Waals surface area contributed by atoms with Crippen molar-refractivity contribution >= 4 is 17.0 Å². The van der Waals surface area contributed by atoms with Crippen molar-refractivity contribution in [2.75, 3.05) is 13.2 Å². The maximum absolute atomic E-state index is 11.4. The molecule has 3 rings (SSSR count). The summed E-state index contributed by atoms with van der Waals surface area (Å²) in [4.78, 5) is 15.7. The van der Waals surface area contributed by atoms with Crippen molar-refractivity contribution in [2.24, 2.45) is 0 Å². The first-order valence-electron chi connectivity index (χ1n) is 6.39. The molecular weight excluding hydrogens is 244 g/mol. The molecule has 0 aliphatic carbocycles. The number of nitrogens with zero attached hydrogens (tertiary/aromatic N) is 2. The van der Waals surface area contributed by atoms with Crippen LogP contribution in [0.2, 0.25) is 0 Å². The average Bonchev–Trinajstić information content (AvgIpc) is 2.83. The third-order valence-corrected chi connectivity index (χ3v) is 3.80. The Bertz CT molecular complexity index is 627. The lowest BCUT2D eigenvalue weighted by Crippen LogP contribution is -2.38. The number of imidazole rings is 1. The predicted octanol–water partition coefficient (Wildman–Crippen LogP) is 2.26. The summed E-state index contributed by atoms with van der Waals surface area (Å²) in [5.41, 5.74) is 1.47. The van der Waals surface area contributed by atoms with Gasteiger partial charge in [-0.05, 0) is 31.9 Å². The Labute approximate surface area is 110 Å². The second-order valence-corrected chi connectivity index (χ2v) is 5.25. The minimum atomic E-state index is -0.923. The lowest BCUT2D eigenvalue weighted by Gasteiger charge is -2.35. The van der Waals surface area contributed by atoms with E-state index in [1.807, 2.05) is 10.6 Å². The molecule has 0 radical (unpaired) electrons. The van der Waals surface area contributed by atoms with Gasteiger partial charge in [0.15, 0.2) is 0 Å². The summed E-state index contributed by atoms with van der Waals surface area (Å²) >= 11 is 0. The standard InChI is InChI=1S/C14H16N2O3/c1-14(6-3-7-19-8-14)16-9-15-11-5-2-4-10(12(11)16)13(17)18/h2,4-5,9H,3,6-8H2,1H3,(H,17,18). The van der Waals surface area contributed by atoms with Gasteiger partial charge in [-0.2, -0.15) is 0 Å². The second kappa shape index (κ2) is 4.35. The van der Waals surface area contributed by atoms with Crippen LogP contribution in [0.15, 0.2) is 24.5 Å². The number of para-hydroxylation sites is 1. The lowest BCUT2D eigenvalue weighted by atomic mass is 9.94. The van der Waals surface area contributed by atoms with Crippen LogP contribution in [-0.4, -0.2) is 33.8 Å². The maximum atomic E-state index is 11.4. The first-order chi connectivity index (χ1) is 9.12. The van der Waals surface area contributed by atoms with Crippen molar-refractivity contribution in [3.05, 3.63) is 30.1 Å². The molecule has 5 heteroatoms. The fraction of sp³-hybridized carbons (Fsp3) is 0.429. The quantitative estimate of drug-likeness (QED) is 0.899. The van der Waals surface area contributed by atoms with E-state index in [1.165, 1.54) is 0 Å². The molecule has 0 saturated carbocycles. The van der Waals surface area contributed by atoms with Crippen molar-refractivity contribution in [2.45, 2.75) is 25.3 Å². The summed E-state index contributed by atoms with van der Waals surface area (Å²) in [7, 11) is 0. The van der Waals surface area contributed by atoms with Gasteiger partial charge in [0.25, 0.3) is 0 Å². The molecule has 1 unspecified atom stereocenters. The van der Waals surface area contributed by atoms with Gasteiger partial charge in [0.05, 0.1) is 35.1 Å². The molecular formula is C14H16N2O3. The van der Waals surface area contributed by atoms with Gasteiger partial charge < -0.3 is 14.4 Å². The fourth-order valence-corrected chi connectivity index (χ4v) is 2.76. The molecule has 1 aliphatic heterocycles. The number of carboxylic acid groups (broad SMARTS) is 1. The zero-order chi connectivity index (χ0) is 13.5. The number of carbonyl (C=O) groups is 1. The molecule has 1 aromatic heterocycles. The summed E-state index contributed by atoms with van der Waals surface area (Å²) in [6.45, 7) is 3.45. The second-order valence-electron chi connectivity index (χ2n) is 5.25. The molecule has 0 spiro atoms. The first-order valence-corrected chi connectivity index (χ1v) is 6.39. The van der Waals surface area contributed by atoms with E-state index in [4.69, 9.17) is 4.74 Å². The van der Waals surface area contributed by atoms with Crippen LogP contribution >= 0.6 is 0 Å². The average molecular weight is 260 g/mol. The van der Waals surface area contributed by atoms with E-state index < -0.39 is 5.97 Å². The Morgan fingerprint density at radius 2 is 2.37 bits per heavy atom. The van der Waals surface area contributed by atoms with Gasteiger partial charge in [-0.1, -0.05) is 6.07 Å². The number of fused-ring (bicyclic) bond motifs is 1. The van der Waals surface area contributed by atoms with Crippen LogP contribution in [0.3, 0.4) is 0 Å². The number of carboxylic acids is 1. The highest BCUT2D eigenvalue weighted by Crippen LogP contribution is 2.31. The molecule has 1 saturated heterocycles. The van der Waals surface area contributed by atoms with Gasteiger partial charge in [-0.3, -0.25) is 0 Å². The number of hydrogen-bond acceptors (Lipinski definition) is 3. The molecule has 0 bridgehead atoms. The summed E-state index contributed by atoms with van der Waals surface area (Å²) in [6.07, 6.45) is 3.67. The van der Waals surface area contributed by atoms with Gasteiger partial charge in [0.2, 0.25) is 0 Å². The molecule has 1 atom stereocenters. The zero-order valence-corrected chi connectivity index (χ0v) is 10.8. The molecule has 1 fully saturated rings. The monoisotopic (exact) mass is 260 g/mol. The van der Waals surface area contributed by atoms with E-state index in [-0.39, 0.29) is 5.54 Å². The minimum Gasteiger partial charge on any atom is -0.478 e. The number of benzene rings is 1. The van der Waals surface area contributed by atoms with Gasteiger partial charge in [-0.25, -0.2) is 9.78 Å². The largest absolute Gasteiger partial charge is 0.478 e. The Morgan fingerprint density at radius 3 is 3.05 bits per heavy atom. The van der Waals surface area contributed by atoms with E-state index >= 15 is 0 Å². The Hall–Kier alpha value is -1.88. The first kappa shape index (κ1) is 12.2. The maximum Gasteiger partial charge on any atom is 0.337 e. The third kappa shape index (κ3) is 1.90. The Morgan fingerprint density at radius 1 is 1.53 bits per heavy atom. The normalized spacial score (nSPS) is 23.6. The number of aromatic carboxylic acids is 1. The van der Waals surface area contributed by atoms with E-state index in [2.05, 4.69) is 11.9 Å². The highest BCUT2D eigenvalue weighted by Gasteiger charge is 2.32. The van der Waals surface area contributed by atoms with Crippen molar-refractivity contribution in [1.29, 1.82) is 0 Å². The number of rotatable bonds is 2. The third-order valence-electron chi connectivity index (χ3n) is 3.80. The molecule has 1 N–H and O–H groups in total. The molecule has 2 heterocycles. The number of aromatic nitrogens is 2. The minimum absolute atomic E-state index is 0.224.